The summed E-state index contributed by atoms with van der Waals surface area (Å²) >= 11 is 0. The molecular weight excluding hydrogens is 422 g/mol. The number of nitrogens with zero attached hydrogens (tertiary/aromatic N) is 4. The van der Waals surface area contributed by atoms with E-state index in [1.54, 1.807) is 0 Å². The highest BCUT2D eigenvalue weighted by molar-refractivity contribution is 5.78. The molecule has 1 aliphatic carbocycles. The van der Waals surface area contributed by atoms with Gasteiger partial charge in [-0.05, 0) is 36.0 Å². The third kappa shape index (κ3) is 4.66. The molecule has 0 spiro atoms. The molecule has 0 saturated carbocycles. The first-order valence-corrected chi connectivity index (χ1v) is 12.0. The first-order valence-electron chi connectivity index (χ1n) is 12.0. The zero-order chi connectivity index (χ0) is 23.3. The lowest BCUT2D eigenvalue weighted by molar-refractivity contribution is -0.122. The van der Waals surface area contributed by atoms with E-state index in [0.29, 0.717) is 13.1 Å². The number of benzene rings is 2. The number of fused-ring (bicyclic) bond motifs is 1. The lowest BCUT2D eigenvalue weighted by Crippen LogP contribution is -2.50. The minimum atomic E-state index is 0.0389. The Kier molecular flexibility index (Phi) is 6.55. The Morgan fingerprint density at radius 2 is 1.62 bits per heavy atom. The number of piperazine rings is 1. The fraction of sp³-hybridized carbons (Fsp3) is 0.321. The topological polar surface area (TPSA) is 72.3 Å². The number of carbonyl (C=O) groups excluding carboxylic acids is 1. The van der Waals surface area contributed by atoms with Crippen LogP contribution in [-0.2, 0) is 24.2 Å². The minimum absolute atomic E-state index is 0.0389. The zero-order valence-corrected chi connectivity index (χ0v) is 19.3. The van der Waals surface area contributed by atoms with Crippen LogP contribution in [0.5, 0.6) is 0 Å². The van der Waals surface area contributed by atoms with Crippen molar-refractivity contribution in [2.45, 2.75) is 25.8 Å². The molecule has 0 bridgehead atoms. The van der Waals surface area contributed by atoms with E-state index < -0.39 is 0 Å². The van der Waals surface area contributed by atoms with Gasteiger partial charge in [0.15, 0.2) is 0 Å². The predicted molar refractivity (Wildman–Crippen MR) is 133 cm³/mol. The van der Waals surface area contributed by atoms with Gasteiger partial charge < -0.3 is 10.2 Å². The van der Waals surface area contributed by atoms with Gasteiger partial charge in [-0.1, -0.05) is 60.7 Å². The standard InChI is InChI=1S/C28H29N5O/c29-18-25-23-12-7-13-24(23)27(22-10-5-2-6-11-22)31-28(25)33-16-14-32(15-17-33)20-26(34)30-19-21-8-3-1-4-9-21/h1-6,8-11H,7,12-17,19-20H2,(H,30,34). The molecule has 2 heterocycles. The van der Waals surface area contributed by atoms with Crippen LogP contribution >= 0.6 is 0 Å². The van der Waals surface area contributed by atoms with Crippen molar-refractivity contribution in [3.8, 4) is 17.3 Å². The summed E-state index contributed by atoms with van der Waals surface area (Å²) in [6.45, 7) is 3.97. The van der Waals surface area contributed by atoms with Gasteiger partial charge in [0, 0.05) is 38.3 Å². The normalized spacial score (nSPS) is 15.6. The maximum absolute atomic E-state index is 12.4. The highest BCUT2D eigenvalue weighted by Crippen LogP contribution is 2.37. The highest BCUT2D eigenvalue weighted by Gasteiger charge is 2.28. The molecule has 1 aromatic heterocycles. The van der Waals surface area contributed by atoms with Gasteiger partial charge in [0.2, 0.25) is 5.91 Å². The summed E-state index contributed by atoms with van der Waals surface area (Å²) in [5.74, 6) is 0.840. The van der Waals surface area contributed by atoms with Crippen LogP contribution in [0.2, 0.25) is 0 Å². The molecule has 0 atom stereocenters. The molecule has 172 valence electrons. The van der Waals surface area contributed by atoms with E-state index in [-0.39, 0.29) is 5.91 Å². The van der Waals surface area contributed by atoms with Crippen molar-refractivity contribution in [1.29, 1.82) is 5.26 Å². The average molecular weight is 452 g/mol. The summed E-state index contributed by atoms with van der Waals surface area (Å²) in [4.78, 5) is 21.9. The molecule has 1 N–H and O–H groups in total. The number of rotatable bonds is 6. The maximum atomic E-state index is 12.4. The van der Waals surface area contributed by atoms with Crippen LogP contribution < -0.4 is 10.2 Å². The summed E-state index contributed by atoms with van der Waals surface area (Å²) in [5.41, 5.74) is 6.38. The molecule has 1 fully saturated rings. The Bertz CT molecular complexity index is 1190. The van der Waals surface area contributed by atoms with Crippen molar-refractivity contribution in [3.05, 3.63) is 82.9 Å². The van der Waals surface area contributed by atoms with Gasteiger partial charge in [-0.2, -0.15) is 5.26 Å². The fourth-order valence-electron chi connectivity index (χ4n) is 5.00. The molecule has 1 aliphatic heterocycles. The molecule has 0 radical (unpaired) electrons. The number of amides is 1. The number of nitriles is 1. The number of carbonyl (C=O) groups is 1. The van der Waals surface area contributed by atoms with Gasteiger partial charge in [-0.25, -0.2) is 4.98 Å². The molecule has 2 aliphatic rings. The van der Waals surface area contributed by atoms with Crippen LogP contribution in [0.1, 0.15) is 28.7 Å². The molecule has 34 heavy (non-hydrogen) atoms. The minimum Gasteiger partial charge on any atom is -0.353 e. The van der Waals surface area contributed by atoms with Crippen LogP contribution in [-0.4, -0.2) is 48.5 Å². The smallest absolute Gasteiger partial charge is 0.234 e. The molecular formula is C28H29N5O. The molecule has 0 unspecified atom stereocenters. The largest absolute Gasteiger partial charge is 0.353 e. The molecule has 3 aromatic rings. The number of anilines is 1. The van der Waals surface area contributed by atoms with Crippen LogP contribution in [0.4, 0.5) is 5.82 Å². The van der Waals surface area contributed by atoms with Crippen molar-refractivity contribution in [3.63, 3.8) is 0 Å². The van der Waals surface area contributed by atoms with Crippen LogP contribution in [0.3, 0.4) is 0 Å². The Hall–Kier alpha value is -3.69. The number of hydrogen-bond donors (Lipinski definition) is 1. The van der Waals surface area contributed by atoms with Gasteiger partial charge in [-0.15, -0.1) is 0 Å². The maximum Gasteiger partial charge on any atom is 0.234 e. The molecule has 6 nitrogen and oxygen atoms in total. The summed E-state index contributed by atoms with van der Waals surface area (Å²) in [6, 6.07) is 22.7. The van der Waals surface area contributed by atoms with Crippen molar-refractivity contribution < 1.29 is 4.79 Å². The first-order chi connectivity index (χ1) is 16.7. The van der Waals surface area contributed by atoms with E-state index in [1.165, 1.54) is 11.1 Å². The second-order valence-electron chi connectivity index (χ2n) is 8.97. The Balaban J connectivity index is 1.27. The number of nitrogens with one attached hydrogen (secondary N) is 1. The van der Waals surface area contributed by atoms with Gasteiger partial charge in [0.1, 0.15) is 11.9 Å². The van der Waals surface area contributed by atoms with E-state index >= 15 is 0 Å². The lowest BCUT2D eigenvalue weighted by Gasteiger charge is -2.36. The highest BCUT2D eigenvalue weighted by atomic mass is 16.2. The first kappa shape index (κ1) is 22.1. The Labute approximate surface area is 200 Å². The van der Waals surface area contributed by atoms with Crippen molar-refractivity contribution in [2.24, 2.45) is 0 Å². The van der Waals surface area contributed by atoms with E-state index in [0.717, 1.165) is 73.6 Å². The second kappa shape index (κ2) is 10.1. The van der Waals surface area contributed by atoms with E-state index in [2.05, 4.69) is 33.3 Å². The van der Waals surface area contributed by atoms with E-state index in [4.69, 9.17) is 4.98 Å². The van der Waals surface area contributed by atoms with Gasteiger partial charge >= 0.3 is 0 Å². The van der Waals surface area contributed by atoms with E-state index in [1.807, 2.05) is 48.5 Å². The molecule has 6 heteroatoms. The van der Waals surface area contributed by atoms with Gasteiger partial charge in [0.05, 0.1) is 17.8 Å². The van der Waals surface area contributed by atoms with Gasteiger partial charge in [0.25, 0.3) is 0 Å². The number of pyridine rings is 1. The third-order valence-electron chi connectivity index (χ3n) is 6.78. The molecule has 2 aromatic carbocycles. The Morgan fingerprint density at radius 3 is 2.32 bits per heavy atom. The Morgan fingerprint density at radius 1 is 0.941 bits per heavy atom. The average Bonchev–Trinajstić information content (AvgIpc) is 3.38. The molecule has 1 saturated heterocycles. The SMILES string of the molecule is N#Cc1c(N2CCN(CC(=O)NCc3ccccc3)CC2)nc(-c2ccccc2)c2c1CCC2. The lowest BCUT2D eigenvalue weighted by atomic mass is 9.98. The zero-order valence-electron chi connectivity index (χ0n) is 19.3. The monoisotopic (exact) mass is 451 g/mol. The second-order valence-corrected chi connectivity index (χ2v) is 8.97. The van der Waals surface area contributed by atoms with E-state index in [9.17, 15) is 10.1 Å². The van der Waals surface area contributed by atoms with Crippen LogP contribution in [0.15, 0.2) is 60.7 Å². The summed E-state index contributed by atoms with van der Waals surface area (Å²) in [6.07, 6.45) is 2.99. The predicted octanol–water partition coefficient (Wildman–Crippen LogP) is 3.55. The third-order valence-corrected chi connectivity index (χ3v) is 6.78. The number of hydrogen-bond acceptors (Lipinski definition) is 5. The van der Waals surface area contributed by atoms with Gasteiger partial charge in [-0.3, -0.25) is 9.69 Å². The molecule has 1 amide bonds. The number of aromatic nitrogens is 1. The quantitative estimate of drug-likeness (QED) is 0.621. The molecule has 5 rings (SSSR count). The fourth-order valence-corrected chi connectivity index (χ4v) is 5.00. The summed E-state index contributed by atoms with van der Waals surface area (Å²) < 4.78 is 0. The van der Waals surface area contributed by atoms with Crippen molar-refractivity contribution in [2.75, 3.05) is 37.6 Å². The summed E-state index contributed by atoms with van der Waals surface area (Å²) in [7, 11) is 0. The van der Waals surface area contributed by atoms with Crippen LogP contribution in [0.25, 0.3) is 11.3 Å². The van der Waals surface area contributed by atoms with Crippen molar-refractivity contribution >= 4 is 11.7 Å². The summed E-state index contributed by atoms with van der Waals surface area (Å²) in [5, 5.41) is 13.0. The van der Waals surface area contributed by atoms with Crippen LogP contribution in [0, 0.1) is 11.3 Å². The van der Waals surface area contributed by atoms with Crippen molar-refractivity contribution in [1.82, 2.24) is 15.2 Å².